The zero-order valence-electron chi connectivity index (χ0n) is 21.3. The molecular formula is C25H28F3N5O4. The van der Waals surface area contributed by atoms with E-state index in [2.05, 4.69) is 15.6 Å². The number of benzene rings is 1. The van der Waals surface area contributed by atoms with Crippen LogP contribution in [0.5, 0.6) is 0 Å². The molecule has 0 fully saturated rings. The van der Waals surface area contributed by atoms with E-state index >= 15 is 0 Å². The first kappa shape index (κ1) is 29.1. The fourth-order valence-corrected chi connectivity index (χ4v) is 3.11. The largest absolute Gasteiger partial charge is 0.444 e. The van der Waals surface area contributed by atoms with Crippen LogP contribution >= 0.6 is 0 Å². The van der Waals surface area contributed by atoms with Crippen LogP contribution < -0.4 is 15.5 Å². The Kier molecular flexibility index (Phi) is 8.87. The summed E-state index contributed by atoms with van der Waals surface area (Å²) in [5.74, 6) is -1.60. The Bertz CT molecular complexity index is 1230. The predicted molar refractivity (Wildman–Crippen MR) is 131 cm³/mol. The zero-order valence-corrected chi connectivity index (χ0v) is 21.3. The van der Waals surface area contributed by atoms with Crippen LogP contribution in [0.2, 0.25) is 0 Å². The van der Waals surface area contributed by atoms with Crippen molar-refractivity contribution in [3.63, 3.8) is 0 Å². The van der Waals surface area contributed by atoms with Crippen LogP contribution in [0.25, 0.3) is 0 Å². The predicted octanol–water partition coefficient (Wildman–Crippen LogP) is 5.38. The second-order valence-electron chi connectivity index (χ2n) is 9.43. The molecule has 0 unspecified atom stereocenters. The summed E-state index contributed by atoms with van der Waals surface area (Å²) in [5.41, 5.74) is -2.69. The molecule has 0 aliphatic heterocycles. The monoisotopic (exact) mass is 519 g/mol. The van der Waals surface area contributed by atoms with Gasteiger partial charge in [-0.25, -0.2) is 9.78 Å². The number of ether oxygens (including phenoxy) is 1. The third-order valence-electron chi connectivity index (χ3n) is 5.02. The Labute approximate surface area is 212 Å². The molecule has 1 heterocycles. The van der Waals surface area contributed by atoms with Crippen molar-refractivity contribution >= 4 is 34.8 Å². The van der Waals surface area contributed by atoms with Gasteiger partial charge in [-0.15, -0.1) is 0 Å². The first-order valence-corrected chi connectivity index (χ1v) is 11.2. The molecule has 0 spiro atoms. The summed E-state index contributed by atoms with van der Waals surface area (Å²) >= 11 is 0. The van der Waals surface area contributed by atoms with Crippen LogP contribution in [0.3, 0.4) is 0 Å². The Morgan fingerprint density at radius 2 is 1.73 bits per heavy atom. The molecule has 37 heavy (non-hydrogen) atoms. The van der Waals surface area contributed by atoms with Gasteiger partial charge < -0.3 is 15.0 Å². The molecule has 0 bridgehead atoms. The lowest BCUT2D eigenvalue weighted by atomic mass is 10.1. The second kappa shape index (κ2) is 11.3. The van der Waals surface area contributed by atoms with E-state index in [1.807, 2.05) is 0 Å². The number of nitriles is 1. The number of anilines is 3. The highest BCUT2D eigenvalue weighted by atomic mass is 19.4. The van der Waals surface area contributed by atoms with Gasteiger partial charge in [-0.2, -0.15) is 18.4 Å². The highest BCUT2D eigenvalue weighted by Crippen LogP contribution is 2.42. The molecule has 9 nitrogen and oxygen atoms in total. The van der Waals surface area contributed by atoms with Gasteiger partial charge in [0.15, 0.2) is 5.78 Å². The summed E-state index contributed by atoms with van der Waals surface area (Å²) in [6.45, 7) is 8.23. The number of ketones is 1. The molecule has 0 aliphatic carbocycles. The van der Waals surface area contributed by atoms with Crippen molar-refractivity contribution in [3.05, 3.63) is 47.3 Å². The van der Waals surface area contributed by atoms with Gasteiger partial charge in [-0.1, -0.05) is 0 Å². The van der Waals surface area contributed by atoms with E-state index < -0.39 is 41.5 Å². The first-order valence-electron chi connectivity index (χ1n) is 11.2. The van der Waals surface area contributed by atoms with Crippen LogP contribution in [0.15, 0.2) is 30.5 Å². The number of rotatable bonds is 7. The molecule has 12 heteroatoms. The maximum absolute atomic E-state index is 14.0. The van der Waals surface area contributed by atoms with E-state index in [1.54, 1.807) is 40.7 Å². The fraction of sp³-hybridized carbons (Fsp3) is 0.400. The molecule has 0 radical (unpaired) electrons. The molecule has 2 rings (SSSR count). The van der Waals surface area contributed by atoms with Crippen molar-refractivity contribution < 1.29 is 32.3 Å². The molecule has 2 N–H and O–H groups in total. The Morgan fingerprint density at radius 1 is 1.11 bits per heavy atom. The molecule has 2 amide bonds. The van der Waals surface area contributed by atoms with Crippen LogP contribution in [0.1, 0.15) is 62.7 Å². The highest BCUT2D eigenvalue weighted by molar-refractivity contribution is 6.12. The minimum absolute atomic E-state index is 0.0326. The number of Topliss-reactive ketones (excluding diaryl/α,β-unsaturated/α-hetero) is 1. The highest BCUT2D eigenvalue weighted by Gasteiger charge is 2.36. The number of halogens is 3. The van der Waals surface area contributed by atoms with Crippen LogP contribution in [-0.4, -0.2) is 41.5 Å². The van der Waals surface area contributed by atoms with E-state index in [-0.39, 0.29) is 34.4 Å². The first-order chi connectivity index (χ1) is 17.0. The standard InChI is InChI=1S/C25H28F3N5O4/c1-14(2)33(6)20-11-19(32-23(36)37-24(3,4)5)18(10-17(20)25(26,27)28)31-22(35)12-21(34)15-7-8-30-16(9-15)13-29/h7-11,14H,12H2,1-6H3,(H,31,35)(H,32,36). The summed E-state index contributed by atoms with van der Waals surface area (Å²) in [6, 6.07) is 5.74. The number of carbonyl (C=O) groups excluding carboxylic acids is 3. The average Bonchev–Trinajstić information content (AvgIpc) is 2.77. The number of nitrogens with one attached hydrogen (secondary N) is 2. The SMILES string of the molecule is CC(C)N(C)c1cc(NC(=O)OC(C)(C)C)c(NC(=O)CC(=O)c2ccnc(C#N)c2)cc1C(F)(F)F. The lowest BCUT2D eigenvalue weighted by Gasteiger charge is -2.29. The van der Waals surface area contributed by atoms with Gasteiger partial charge in [-0.3, -0.25) is 14.9 Å². The molecule has 2 aromatic rings. The van der Waals surface area contributed by atoms with Crippen LogP contribution in [-0.2, 0) is 15.7 Å². The summed E-state index contributed by atoms with van der Waals surface area (Å²) in [6.07, 6.45) is -5.23. The molecule has 0 aliphatic rings. The molecule has 198 valence electrons. The normalized spacial score (nSPS) is 11.5. The summed E-state index contributed by atoms with van der Waals surface area (Å²) in [4.78, 5) is 42.7. The van der Waals surface area contributed by atoms with Crippen molar-refractivity contribution in [1.82, 2.24) is 4.98 Å². The van der Waals surface area contributed by atoms with Crippen LogP contribution in [0, 0.1) is 11.3 Å². The van der Waals surface area contributed by atoms with E-state index in [0.717, 1.165) is 6.07 Å². The van der Waals surface area contributed by atoms with Crippen molar-refractivity contribution in [3.8, 4) is 6.07 Å². The van der Waals surface area contributed by atoms with Gasteiger partial charge in [0, 0.05) is 24.8 Å². The number of alkyl halides is 3. The van der Waals surface area contributed by atoms with Crippen molar-refractivity contribution in [2.75, 3.05) is 22.6 Å². The zero-order chi connectivity index (χ0) is 28.1. The Balaban J connectivity index is 2.48. The van der Waals surface area contributed by atoms with Gasteiger partial charge in [0.2, 0.25) is 5.91 Å². The minimum atomic E-state index is -4.79. The number of nitrogens with zero attached hydrogens (tertiary/aromatic N) is 3. The molecule has 0 saturated carbocycles. The van der Waals surface area contributed by atoms with Gasteiger partial charge in [0.25, 0.3) is 0 Å². The maximum atomic E-state index is 14.0. The fourth-order valence-electron chi connectivity index (χ4n) is 3.11. The summed E-state index contributed by atoms with van der Waals surface area (Å²) in [7, 11) is 1.47. The van der Waals surface area contributed by atoms with Gasteiger partial charge in [0.05, 0.1) is 29.0 Å². The molecule has 0 atom stereocenters. The maximum Gasteiger partial charge on any atom is 0.418 e. The van der Waals surface area contributed by atoms with Gasteiger partial charge in [-0.05, 0) is 58.9 Å². The Morgan fingerprint density at radius 3 is 2.27 bits per heavy atom. The van der Waals surface area contributed by atoms with E-state index in [4.69, 9.17) is 10.00 Å². The smallest absolute Gasteiger partial charge is 0.418 e. The van der Waals surface area contributed by atoms with Crippen LogP contribution in [0.4, 0.5) is 35.0 Å². The lowest BCUT2D eigenvalue weighted by Crippen LogP contribution is -2.30. The van der Waals surface area contributed by atoms with E-state index in [9.17, 15) is 27.6 Å². The third-order valence-corrected chi connectivity index (χ3v) is 5.02. The number of hydrogen-bond acceptors (Lipinski definition) is 7. The van der Waals surface area contributed by atoms with Gasteiger partial charge >= 0.3 is 12.3 Å². The topological polar surface area (TPSA) is 124 Å². The number of aromatic nitrogens is 1. The minimum Gasteiger partial charge on any atom is -0.444 e. The number of pyridine rings is 1. The van der Waals surface area contributed by atoms with Crippen molar-refractivity contribution in [1.29, 1.82) is 5.26 Å². The van der Waals surface area contributed by atoms with E-state index in [0.29, 0.717) is 6.07 Å². The van der Waals surface area contributed by atoms with Crippen molar-refractivity contribution in [2.45, 2.75) is 58.9 Å². The third kappa shape index (κ3) is 8.20. The number of amides is 2. The molecule has 1 aromatic carbocycles. The summed E-state index contributed by atoms with van der Waals surface area (Å²) < 4.78 is 47.1. The Hall–Kier alpha value is -4.14. The van der Waals surface area contributed by atoms with Gasteiger partial charge in [0.1, 0.15) is 17.4 Å². The number of carbonyl (C=O) groups is 3. The average molecular weight is 520 g/mol. The molecule has 1 aromatic heterocycles. The van der Waals surface area contributed by atoms with E-state index in [1.165, 1.54) is 30.3 Å². The second-order valence-corrected chi connectivity index (χ2v) is 9.43. The molecule has 0 saturated heterocycles. The lowest BCUT2D eigenvalue weighted by molar-refractivity contribution is -0.137. The van der Waals surface area contributed by atoms with Crippen molar-refractivity contribution in [2.24, 2.45) is 0 Å². The molecular weight excluding hydrogens is 491 g/mol. The number of hydrogen-bond donors (Lipinski definition) is 2. The summed E-state index contributed by atoms with van der Waals surface area (Å²) in [5, 5.41) is 13.6. The quantitative estimate of drug-likeness (QED) is 0.372.